The van der Waals surface area contributed by atoms with Gasteiger partial charge in [0.2, 0.25) is 0 Å². The summed E-state index contributed by atoms with van der Waals surface area (Å²) in [5.41, 5.74) is 0.969. The maximum Gasteiger partial charge on any atom is 0.315 e. The summed E-state index contributed by atoms with van der Waals surface area (Å²) in [4.78, 5) is 11.6. The summed E-state index contributed by atoms with van der Waals surface area (Å²) in [5.74, 6) is 0. The number of amides is 2. The van der Waals surface area contributed by atoms with E-state index >= 15 is 0 Å². The summed E-state index contributed by atoms with van der Waals surface area (Å²) in [6, 6.07) is 7.61. The zero-order chi connectivity index (χ0) is 12.3. The summed E-state index contributed by atoms with van der Waals surface area (Å²) in [5, 5.41) is 6.60. The van der Waals surface area contributed by atoms with Gasteiger partial charge in [-0.3, -0.25) is 0 Å². The van der Waals surface area contributed by atoms with Crippen LogP contribution < -0.4 is 10.6 Å². The fourth-order valence-corrected chi connectivity index (χ4v) is 2.01. The molecule has 0 aliphatic heterocycles. The number of carbonyl (C=O) groups excluding carboxylic acids is 1. The molecule has 3 nitrogen and oxygen atoms in total. The first-order valence-corrected chi connectivity index (χ1v) is 6.36. The van der Waals surface area contributed by atoms with Gasteiger partial charge in [0.25, 0.3) is 0 Å². The Morgan fingerprint density at radius 2 is 2.00 bits per heavy atom. The third-order valence-electron chi connectivity index (χ3n) is 3.04. The first-order chi connectivity index (χ1) is 8.16. The summed E-state index contributed by atoms with van der Waals surface area (Å²) >= 11 is 5.86. The number of hydrogen-bond donors (Lipinski definition) is 2. The lowest BCUT2D eigenvalue weighted by molar-refractivity contribution is 0.236. The van der Waals surface area contributed by atoms with E-state index in [1.807, 2.05) is 31.2 Å². The number of hydrogen-bond acceptors (Lipinski definition) is 1. The van der Waals surface area contributed by atoms with E-state index in [9.17, 15) is 4.79 Å². The van der Waals surface area contributed by atoms with E-state index in [0.717, 1.165) is 29.8 Å². The Kier molecular flexibility index (Phi) is 3.57. The third kappa shape index (κ3) is 2.91. The van der Waals surface area contributed by atoms with Gasteiger partial charge in [-0.15, -0.1) is 0 Å². The molecule has 4 heteroatoms. The second-order valence-electron chi connectivity index (χ2n) is 4.47. The molecule has 17 heavy (non-hydrogen) atoms. The predicted molar refractivity (Wildman–Crippen MR) is 69.2 cm³/mol. The Hall–Kier alpha value is -1.22. The normalized spacial score (nSPS) is 16.4. The Bertz CT molecular complexity index is 398. The molecule has 1 saturated carbocycles. The van der Waals surface area contributed by atoms with Crippen molar-refractivity contribution in [3.8, 4) is 0 Å². The van der Waals surface area contributed by atoms with Crippen LogP contribution in [0.2, 0.25) is 5.02 Å². The number of nitrogens with one attached hydrogen (secondary N) is 2. The molecule has 2 amide bonds. The number of benzene rings is 1. The topological polar surface area (TPSA) is 41.1 Å². The zero-order valence-electron chi connectivity index (χ0n) is 9.92. The smallest absolute Gasteiger partial charge is 0.315 e. The lowest BCUT2D eigenvalue weighted by atomic mass is 10.1. The molecule has 0 unspecified atom stereocenters. The van der Waals surface area contributed by atoms with Crippen LogP contribution in [0, 0.1) is 0 Å². The Morgan fingerprint density at radius 1 is 1.35 bits per heavy atom. The van der Waals surface area contributed by atoms with E-state index in [1.54, 1.807) is 0 Å². The van der Waals surface area contributed by atoms with Crippen LogP contribution in [0.3, 0.4) is 0 Å². The molecular formula is C13H17ClN2O. The molecule has 2 rings (SSSR count). The quantitative estimate of drug-likeness (QED) is 0.850. The third-order valence-corrected chi connectivity index (χ3v) is 3.29. The monoisotopic (exact) mass is 252 g/mol. The highest BCUT2D eigenvalue weighted by molar-refractivity contribution is 6.30. The maximum atomic E-state index is 11.6. The van der Waals surface area contributed by atoms with Crippen LogP contribution in [0.1, 0.15) is 31.7 Å². The van der Waals surface area contributed by atoms with Crippen molar-refractivity contribution in [2.24, 2.45) is 0 Å². The second kappa shape index (κ2) is 4.96. The average Bonchev–Trinajstić information content (AvgIpc) is 3.08. The Balaban J connectivity index is 2.00. The second-order valence-corrected chi connectivity index (χ2v) is 4.91. The molecule has 1 aromatic carbocycles. The van der Waals surface area contributed by atoms with E-state index in [1.165, 1.54) is 0 Å². The summed E-state index contributed by atoms with van der Waals surface area (Å²) in [7, 11) is 0. The number of urea groups is 1. The first kappa shape index (κ1) is 12.2. The van der Waals surface area contributed by atoms with Gasteiger partial charge >= 0.3 is 6.03 Å². The van der Waals surface area contributed by atoms with Gasteiger partial charge in [-0.05, 0) is 37.0 Å². The van der Waals surface area contributed by atoms with Crippen LogP contribution in [-0.4, -0.2) is 12.6 Å². The van der Waals surface area contributed by atoms with Crippen molar-refractivity contribution >= 4 is 17.6 Å². The molecule has 1 aromatic rings. The predicted octanol–water partition coefficient (Wildman–Crippen LogP) is 3.04. The van der Waals surface area contributed by atoms with Crippen molar-refractivity contribution in [2.75, 3.05) is 6.54 Å². The van der Waals surface area contributed by atoms with Crippen LogP contribution in [0.15, 0.2) is 24.3 Å². The van der Waals surface area contributed by atoms with E-state index < -0.39 is 0 Å². The number of rotatable bonds is 4. The molecule has 1 aliphatic carbocycles. The van der Waals surface area contributed by atoms with Crippen molar-refractivity contribution < 1.29 is 4.79 Å². The Morgan fingerprint density at radius 3 is 2.53 bits per heavy atom. The van der Waals surface area contributed by atoms with Gasteiger partial charge < -0.3 is 10.6 Å². The van der Waals surface area contributed by atoms with Crippen molar-refractivity contribution in [1.29, 1.82) is 0 Å². The highest BCUT2D eigenvalue weighted by atomic mass is 35.5. The van der Waals surface area contributed by atoms with E-state index in [0.29, 0.717) is 6.54 Å². The molecule has 0 atom stereocenters. The van der Waals surface area contributed by atoms with Crippen LogP contribution in [0.4, 0.5) is 4.79 Å². The maximum absolute atomic E-state index is 11.6. The number of carbonyl (C=O) groups is 1. The van der Waals surface area contributed by atoms with Gasteiger partial charge in [0.05, 0.1) is 5.54 Å². The van der Waals surface area contributed by atoms with Gasteiger partial charge in [-0.25, -0.2) is 4.79 Å². The lowest BCUT2D eigenvalue weighted by Gasteiger charge is -2.18. The fraction of sp³-hybridized carbons (Fsp3) is 0.462. The molecule has 0 saturated heterocycles. The molecule has 0 aromatic heterocycles. The molecule has 0 bridgehead atoms. The average molecular weight is 253 g/mol. The van der Waals surface area contributed by atoms with Gasteiger partial charge in [-0.2, -0.15) is 0 Å². The molecule has 1 fully saturated rings. The van der Waals surface area contributed by atoms with Crippen LogP contribution >= 0.6 is 11.6 Å². The molecular weight excluding hydrogens is 236 g/mol. The van der Waals surface area contributed by atoms with Crippen molar-refractivity contribution in [2.45, 2.75) is 31.7 Å². The van der Waals surface area contributed by atoms with Gasteiger partial charge in [0.15, 0.2) is 0 Å². The van der Waals surface area contributed by atoms with E-state index in [4.69, 9.17) is 11.6 Å². The standard InChI is InChI=1S/C13H17ClN2O/c1-2-9-15-12(17)16-13(7-8-13)10-3-5-11(14)6-4-10/h3-6H,2,7-9H2,1H3,(H2,15,16,17). The van der Waals surface area contributed by atoms with Crippen molar-refractivity contribution in [3.63, 3.8) is 0 Å². The van der Waals surface area contributed by atoms with Gasteiger partial charge in [0.1, 0.15) is 0 Å². The molecule has 0 radical (unpaired) electrons. The van der Waals surface area contributed by atoms with Crippen LogP contribution in [-0.2, 0) is 5.54 Å². The molecule has 0 heterocycles. The van der Waals surface area contributed by atoms with Gasteiger partial charge in [-0.1, -0.05) is 30.7 Å². The minimum absolute atomic E-state index is 0.0840. The minimum atomic E-state index is -0.164. The molecule has 0 spiro atoms. The minimum Gasteiger partial charge on any atom is -0.338 e. The summed E-state index contributed by atoms with van der Waals surface area (Å²) in [6.45, 7) is 2.74. The highest BCUT2D eigenvalue weighted by Crippen LogP contribution is 2.45. The Labute approximate surface area is 107 Å². The largest absolute Gasteiger partial charge is 0.338 e. The van der Waals surface area contributed by atoms with Gasteiger partial charge in [0, 0.05) is 11.6 Å². The van der Waals surface area contributed by atoms with E-state index in [2.05, 4.69) is 10.6 Å². The highest BCUT2D eigenvalue weighted by Gasteiger charge is 2.45. The summed E-state index contributed by atoms with van der Waals surface area (Å²) in [6.07, 6.45) is 2.93. The number of halogens is 1. The van der Waals surface area contributed by atoms with Crippen molar-refractivity contribution in [1.82, 2.24) is 10.6 Å². The molecule has 92 valence electrons. The molecule has 1 aliphatic rings. The first-order valence-electron chi connectivity index (χ1n) is 5.98. The fourth-order valence-electron chi connectivity index (χ4n) is 1.88. The molecule has 2 N–H and O–H groups in total. The zero-order valence-corrected chi connectivity index (χ0v) is 10.7. The van der Waals surface area contributed by atoms with Crippen LogP contribution in [0.5, 0.6) is 0 Å². The summed E-state index contributed by atoms with van der Waals surface area (Å²) < 4.78 is 0. The van der Waals surface area contributed by atoms with E-state index in [-0.39, 0.29) is 11.6 Å². The lowest BCUT2D eigenvalue weighted by Crippen LogP contribution is -2.42. The van der Waals surface area contributed by atoms with Crippen molar-refractivity contribution in [3.05, 3.63) is 34.9 Å². The SMILES string of the molecule is CCCNC(=O)NC1(c2ccc(Cl)cc2)CC1. The van der Waals surface area contributed by atoms with Crippen LogP contribution in [0.25, 0.3) is 0 Å².